The van der Waals surface area contributed by atoms with E-state index in [1.165, 1.54) is 17.4 Å². The van der Waals surface area contributed by atoms with E-state index in [0.29, 0.717) is 10.0 Å². The van der Waals surface area contributed by atoms with Crippen molar-refractivity contribution in [2.75, 3.05) is 0 Å². The summed E-state index contributed by atoms with van der Waals surface area (Å²) in [6.45, 7) is 0. The average molecular weight is 256 g/mol. The quantitative estimate of drug-likeness (QED) is 0.705. The smallest absolute Gasteiger partial charge is 0.138 e. The highest BCUT2D eigenvalue weighted by Gasteiger charge is 2.07. The zero-order valence-electron chi connectivity index (χ0n) is 6.34. The van der Waals surface area contributed by atoms with Crippen LogP contribution in [-0.2, 0) is 0 Å². The highest BCUT2D eigenvalue weighted by Crippen LogP contribution is 2.30. The van der Waals surface area contributed by atoms with Gasteiger partial charge in [0, 0.05) is 15.5 Å². The fourth-order valence-corrected chi connectivity index (χ4v) is 2.34. The molecule has 0 bridgehead atoms. The Morgan fingerprint density at radius 2 is 2.23 bits per heavy atom. The van der Waals surface area contributed by atoms with E-state index in [1.54, 1.807) is 11.4 Å². The summed E-state index contributed by atoms with van der Waals surface area (Å²) in [5, 5.41) is 11.3. The van der Waals surface area contributed by atoms with Crippen molar-refractivity contribution in [1.82, 2.24) is 0 Å². The molecule has 0 saturated heterocycles. The van der Waals surface area contributed by atoms with E-state index in [2.05, 4.69) is 22.0 Å². The van der Waals surface area contributed by atoms with Crippen LogP contribution < -0.4 is 0 Å². The van der Waals surface area contributed by atoms with E-state index in [4.69, 9.17) is 5.26 Å². The van der Waals surface area contributed by atoms with E-state index in [0.717, 1.165) is 10.1 Å². The first-order valence-electron chi connectivity index (χ1n) is 3.48. The van der Waals surface area contributed by atoms with E-state index in [9.17, 15) is 4.39 Å². The molecule has 0 amide bonds. The van der Waals surface area contributed by atoms with Crippen molar-refractivity contribution in [3.05, 3.63) is 33.4 Å². The summed E-state index contributed by atoms with van der Waals surface area (Å²) in [7, 11) is 0. The second kappa shape index (κ2) is 3.09. The molecule has 0 aliphatic rings. The third-order valence-corrected chi connectivity index (χ3v) is 3.29. The van der Waals surface area contributed by atoms with Crippen molar-refractivity contribution in [2.24, 2.45) is 0 Å². The van der Waals surface area contributed by atoms with Gasteiger partial charge in [-0.05, 0) is 28.1 Å². The molecular formula is C9H3BrFNS. The fourth-order valence-electron chi connectivity index (χ4n) is 1.11. The van der Waals surface area contributed by atoms with Gasteiger partial charge in [-0.2, -0.15) is 5.26 Å². The molecule has 0 saturated carbocycles. The SMILES string of the molecule is N#Cc1csc2cc(F)c(Br)cc12. The fraction of sp³-hybridized carbons (Fsp3) is 0. The van der Waals surface area contributed by atoms with Gasteiger partial charge in [-0.3, -0.25) is 0 Å². The molecule has 0 N–H and O–H groups in total. The molecule has 0 radical (unpaired) electrons. The van der Waals surface area contributed by atoms with Gasteiger partial charge < -0.3 is 0 Å². The van der Waals surface area contributed by atoms with Gasteiger partial charge in [-0.25, -0.2) is 4.39 Å². The van der Waals surface area contributed by atoms with Gasteiger partial charge in [-0.1, -0.05) is 0 Å². The van der Waals surface area contributed by atoms with Crippen LogP contribution in [0.2, 0.25) is 0 Å². The van der Waals surface area contributed by atoms with Gasteiger partial charge in [0.05, 0.1) is 10.0 Å². The minimum absolute atomic E-state index is 0.293. The summed E-state index contributed by atoms with van der Waals surface area (Å²) in [5.74, 6) is -0.293. The number of halogens is 2. The number of hydrogen-bond donors (Lipinski definition) is 0. The van der Waals surface area contributed by atoms with Crippen LogP contribution in [0.4, 0.5) is 4.39 Å². The topological polar surface area (TPSA) is 23.8 Å². The summed E-state index contributed by atoms with van der Waals surface area (Å²) in [6, 6.07) is 5.14. The molecule has 0 fully saturated rings. The highest BCUT2D eigenvalue weighted by atomic mass is 79.9. The lowest BCUT2D eigenvalue weighted by atomic mass is 10.2. The van der Waals surface area contributed by atoms with Crippen LogP contribution in [0.5, 0.6) is 0 Å². The molecule has 2 aromatic rings. The Morgan fingerprint density at radius 1 is 1.46 bits per heavy atom. The van der Waals surface area contributed by atoms with Crippen LogP contribution in [0.15, 0.2) is 22.0 Å². The standard InChI is InChI=1S/C9H3BrFNS/c10-7-1-6-5(3-12)4-13-9(6)2-8(7)11/h1-2,4H. The van der Waals surface area contributed by atoms with Crippen LogP contribution in [0.3, 0.4) is 0 Å². The number of fused-ring (bicyclic) bond motifs is 1. The Kier molecular flexibility index (Phi) is 2.06. The Balaban J connectivity index is 2.86. The first kappa shape index (κ1) is 8.67. The lowest BCUT2D eigenvalue weighted by molar-refractivity contribution is 0.623. The van der Waals surface area contributed by atoms with Gasteiger partial charge in [-0.15, -0.1) is 11.3 Å². The van der Waals surface area contributed by atoms with Gasteiger partial charge in [0.2, 0.25) is 0 Å². The van der Waals surface area contributed by atoms with Gasteiger partial charge in [0.1, 0.15) is 11.9 Å². The second-order valence-electron chi connectivity index (χ2n) is 2.52. The van der Waals surface area contributed by atoms with Crippen molar-refractivity contribution >= 4 is 37.4 Å². The summed E-state index contributed by atoms with van der Waals surface area (Å²) in [4.78, 5) is 0. The normalized spacial score (nSPS) is 10.2. The van der Waals surface area contributed by atoms with Crippen molar-refractivity contribution in [1.29, 1.82) is 5.26 Å². The molecule has 1 aromatic heterocycles. The van der Waals surface area contributed by atoms with Gasteiger partial charge >= 0.3 is 0 Å². The number of thiophene rings is 1. The molecule has 1 nitrogen and oxygen atoms in total. The summed E-state index contributed by atoms with van der Waals surface area (Å²) in [6.07, 6.45) is 0. The molecule has 13 heavy (non-hydrogen) atoms. The number of rotatable bonds is 0. The molecule has 0 aliphatic carbocycles. The molecule has 2 rings (SSSR count). The van der Waals surface area contributed by atoms with Crippen LogP contribution >= 0.6 is 27.3 Å². The number of benzene rings is 1. The summed E-state index contributed by atoms with van der Waals surface area (Å²) >= 11 is 4.46. The van der Waals surface area contributed by atoms with E-state index in [1.807, 2.05) is 0 Å². The molecule has 4 heteroatoms. The van der Waals surface area contributed by atoms with Gasteiger partial charge in [0.25, 0.3) is 0 Å². The second-order valence-corrected chi connectivity index (χ2v) is 4.29. The molecule has 64 valence electrons. The predicted octanol–water partition coefficient (Wildman–Crippen LogP) is 3.67. The lowest BCUT2D eigenvalue weighted by Crippen LogP contribution is -1.76. The zero-order valence-corrected chi connectivity index (χ0v) is 8.75. The van der Waals surface area contributed by atoms with Crippen molar-refractivity contribution < 1.29 is 4.39 Å². The molecule has 0 unspecified atom stereocenters. The maximum absolute atomic E-state index is 13.0. The Labute approximate surface area is 86.5 Å². The van der Waals surface area contributed by atoms with Crippen molar-refractivity contribution in [3.63, 3.8) is 0 Å². The Morgan fingerprint density at radius 3 is 2.92 bits per heavy atom. The van der Waals surface area contributed by atoms with E-state index < -0.39 is 0 Å². The average Bonchev–Trinajstić information content (AvgIpc) is 2.48. The molecule has 1 aromatic carbocycles. The summed E-state index contributed by atoms with van der Waals surface area (Å²) < 4.78 is 14.2. The number of nitrogens with zero attached hydrogens (tertiary/aromatic N) is 1. The first-order valence-corrected chi connectivity index (χ1v) is 5.16. The third kappa shape index (κ3) is 1.34. The van der Waals surface area contributed by atoms with Crippen LogP contribution in [0.25, 0.3) is 10.1 Å². The van der Waals surface area contributed by atoms with Crippen LogP contribution in [0.1, 0.15) is 5.56 Å². The molecule has 1 heterocycles. The molecule has 0 atom stereocenters. The number of hydrogen-bond acceptors (Lipinski definition) is 2. The Hall–Kier alpha value is -0.920. The first-order chi connectivity index (χ1) is 6.22. The highest BCUT2D eigenvalue weighted by molar-refractivity contribution is 9.10. The lowest BCUT2D eigenvalue weighted by Gasteiger charge is -1.94. The van der Waals surface area contributed by atoms with Gasteiger partial charge in [0.15, 0.2) is 0 Å². The third-order valence-electron chi connectivity index (χ3n) is 1.74. The Bertz CT molecular complexity index is 512. The van der Waals surface area contributed by atoms with E-state index in [-0.39, 0.29) is 5.82 Å². The maximum Gasteiger partial charge on any atom is 0.138 e. The predicted molar refractivity (Wildman–Crippen MR) is 54.2 cm³/mol. The monoisotopic (exact) mass is 255 g/mol. The minimum atomic E-state index is -0.293. The zero-order chi connectivity index (χ0) is 9.42. The molecule has 0 spiro atoms. The molecule has 0 aliphatic heterocycles. The summed E-state index contributed by atoms with van der Waals surface area (Å²) in [5.41, 5.74) is 0.598. The van der Waals surface area contributed by atoms with Crippen LogP contribution in [0, 0.1) is 17.1 Å². The van der Waals surface area contributed by atoms with Crippen molar-refractivity contribution in [2.45, 2.75) is 0 Å². The minimum Gasteiger partial charge on any atom is -0.206 e. The van der Waals surface area contributed by atoms with Crippen LogP contribution in [-0.4, -0.2) is 0 Å². The maximum atomic E-state index is 13.0. The largest absolute Gasteiger partial charge is 0.206 e. The number of nitriles is 1. The molecular weight excluding hydrogens is 253 g/mol. The van der Waals surface area contributed by atoms with E-state index >= 15 is 0 Å². The van der Waals surface area contributed by atoms with Crippen molar-refractivity contribution in [3.8, 4) is 6.07 Å².